The molecule has 104 valence electrons. The minimum atomic E-state index is -0.969. The standard InChI is InChI=1S/C17H11BrO3/c18-14-6-4-12-9-16(7-5-11(12)8-14)21-15-3-1-2-13(10-15)17(19)20/h1-10H,(H,19,20). The fourth-order valence-electron chi connectivity index (χ4n) is 2.09. The van der Waals surface area contributed by atoms with Crippen LogP contribution in [-0.2, 0) is 0 Å². The third kappa shape index (κ3) is 3.06. The molecule has 0 unspecified atom stereocenters. The average molecular weight is 343 g/mol. The van der Waals surface area contributed by atoms with Gasteiger partial charge in [-0.15, -0.1) is 0 Å². The Kier molecular flexibility index (Phi) is 3.62. The molecule has 0 aliphatic carbocycles. The molecule has 0 amide bonds. The molecule has 0 aliphatic heterocycles. The second kappa shape index (κ2) is 5.58. The zero-order chi connectivity index (χ0) is 14.8. The second-order valence-electron chi connectivity index (χ2n) is 4.59. The van der Waals surface area contributed by atoms with Gasteiger partial charge in [0, 0.05) is 4.47 Å². The maximum absolute atomic E-state index is 11.0. The molecule has 0 aromatic heterocycles. The van der Waals surface area contributed by atoms with Crippen LogP contribution in [0.1, 0.15) is 10.4 Å². The maximum Gasteiger partial charge on any atom is 0.335 e. The maximum atomic E-state index is 11.0. The number of aromatic carboxylic acids is 1. The first-order valence-corrected chi connectivity index (χ1v) is 7.12. The molecule has 0 radical (unpaired) electrons. The minimum absolute atomic E-state index is 0.206. The van der Waals surface area contributed by atoms with Gasteiger partial charge in [-0.3, -0.25) is 0 Å². The highest BCUT2D eigenvalue weighted by atomic mass is 79.9. The van der Waals surface area contributed by atoms with E-state index in [9.17, 15) is 4.79 Å². The number of rotatable bonds is 3. The van der Waals surface area contributed by atoms with Crippen molar-refractivity contribution in [1.82, 2.24) is 0 Å². The van der Waals surface area contributed by atoms with Crippen LogP contribution in [0.4, 0.5) is 0 Å². The lowest BCUT2D eigenvalue weighted by Gasteiger charge is -2.08. The topological polar surface area (TPSA) is 46.5 Å². The number of carboxylic acid groups (broad SMARTS) is 1. The number of hydrogen-bond donors (Lipinski definition) is 1. The molecule has 3 aromatic carbocycles. The van der Waals surface area contributed by atoms with Gasteiger partial charge in [0.05, 0.1) is 5.56 Å². The number of ether oxygens (including phenoxy) is 1. The van der Waals surface area contributed by atoms with E-state index in [1.54, 1.807) is 12.1 Å². The van der Waals surface area contributed by atoms with Crippen LogP contribution in [0.2, 0.25) is 0 Å². The summed E-state index contributed by atoms with van der Waals surface area (Å²) in [6, 6.07) is 18.2. The Morgan fingerprint density at radius 2 is 1.62 bits per heavy atom. The van der Waals surface area contributed by atoms with Crippen molar-refractivity contribution in [2.24, 2.45) is 0 Å². The van der Waals surface area contributed by atoms with Crippen molar-refractivity contribution < 1.29 is 14.6 Å². The Morgan fingerprint density at radius 3 is 2.43 bits per heavy atom. The number of halogens is 1. The van der Waals surface area contributed by atoms with E-state index in [2.05, 4.69) is 15.9 Å². The number of hydrogen-bond acceptors (Lipinski definition) is 2. The Balaban J connectivity index is 1.92. The molecular weight excluding hydrogens is 332 g/mol. The van der Waals surface area contributed by atoms with E-state index < -0.39 is 5.97 Å². The van der Waals surface area contributed by atoms with Gasteiger partial charge in [0.15, 0.2) is 0 Å². The fourth-order valence-corrected chi connectivity index (χ4v) is 2.47. The summed E-state index contributed by atoms with van der Waals surface area (Å²) < 4.78 is 6.76. The van der Waals surface area contributed by atoms with E-state index in [-0.39, 0.29) is 5.56 Å². The third-order valence-electron chi connectivity index (χ3n) is 3.09. The van der Waals surface area contributed by atoms with E-state index in [1.807, 2.05) is 36.4 Å². The smallest absolute Gasteiger partial charge is 0.335 e. The van der Waals surface area contributed by atoms with Crippen molar-refractivity contribution in [2.45, 2.75) is 0 Å². The van der Waals surface area contributed by atoms with Gasteiger partial charge in [-0.25, -0.2) is 4.79 Å². The van der Waals surface area contributed by atoms with Crippen LogP contribution in [0.15, 0.2) is 65.1 Å². The van der Waals surface area contributed by atoms with E-state index >= 15 is 0 Å². The summed E-state index contributed by atoms with van der Waals surface area (Å²) in [6.07, 6.45) is 0. The number of carboxylic acids is 1. The summed E-state index contributed by atoms with van der Waals surface area (Å²) in [5, 5.41) is 11.2. The Bertz CT molecular complexity index is 827. The monoisotopic (exact) mass is 342 g/mol. The van der Waals surface area contributed by atoms with Crippen molar-refractivity contribution in [1.29, 1.82) is 0 Å². The first-order valence-electron chi connectivity index (χ1n) is 6.32. The van der Waals surface area contributed by atoms with Crippen LogP contribution in [0, 0.1) is 0 Å². The van der Waals surface area contributed by atoms with Gasteiger partial charge >= 0.3 is 5.97 Å². The molecule has 0 saturated carbocycles. The third-order valence-corrected chi connectivity index (χ3v) is 3.58. The second-order valence-corrected chi connectivity index (χ2v) is 5.50. The summed E-state index contributed by atoms with van der Waals surface area (Å²) in [5.74, 6) is 0.211. The number of carbonyl (C=O) groups is 1. The molecular formula is C17H11BrO3. The minimum Gasteiger partial charge on any atom is -0.478 e. The molecule has 0 fully saturated rings. The predicted octanol–water partition coefficient (Wildman–Crippen LogP) is 5.09. The molecule has 4 heteroatoms. The van der Waals surface area contributed by atoms with Crippen LogP contribution in [-0.4, -0.2) is 11.1 Å². The van der Waals surface area contributed by atoms with Crippen molar-refractivity contribution in [3.05, 3.63) is 70.7 Å². The zero-order valence-corrected chi connectivity index (χ0v) is 12.5. The lowest BCUT2D eigenvalue weighted by Crippen LogP contribution is -1.96. The molecule has 0 saturated heterocycles. The van der Waals surface area contributed by atoms with Gasteiger partial charge < -0.3 is 9.84 Å². The Labute approximate surface area is 129 Å². The Hall–Kier alpha value is -2.33. The van der Waals surface area contributed by atoms with Gasteiger partial charge in [0.1, 0.15) is 11.5 Å². The fraction of sp³-hybridized carbons (Fsp3) is 0. The molecule has 3 nitrogen and oxygen atoms in total. The van der Waals surface area contributed by atoms with Crippen molar-refractivity contribution in [3.8, 4) is 11.5 Å². The van der Waals surface area contributed by atoms with Crippen molar-refractivity contribution in [2.75, 3.05) is 0 Å². The van der Waals surface area contributed by atoms with Crippen LogP contribution in [0.5, 0.6) is 11.5 Å². The summed E-state index contributed by atoms with van der Waals surface area (Å²) in [5.41, 5.74) is 0.206. The normalized spacial score (nSPS) is 10.5. The highest BCUT2D eigenvalue weighted by molar-refractivity contribution is 9.10. The molecule has 3 rings (SSSR count). The van der Waals surface area contributed by atoms with Gasteiger partial charge in [0.2, 0.25) is 0 Å². The van der Waals surface area contributed by atoms with Gasteiger partial charge in [-0.05, 0) is 53.2 Å². The van der Waals surface area contributed by atoms with Crippen LogP contribution >= 0.6 is 15.9 Å². The van der Waals surface area contributed by atoms with Crippen molar-refractivity contribution in [3.63, 3.8) is 0 Å². The van der Waals surface area contributed by atoms with E-state index in [0.29, 0.717) is 11.5 Å². The molecule has 0 atom stereocenters. The van der Waals surface area contributed by atoms with Gasteiger partial charge in [-0.2, -0.15) is 0 Å². The lowest BCUT2D eigenvalue weighted by atomic mass is 10.1. The first-order chi connectivity index (χ1) is 10.1. The predicted molar refractivity (Wildman–Crippen MR) is 85.1 cm³/mol. The molecule has 1 N–H and O–H groups in total. The summed E-state index contributed by atoms with van der Waals surface area (Å²) in [4.78, 5) is 11.0. The van der Waals surface area contributed by atoms with Gasteiger partial charge in [0.25, 0.3) is 0 Å². The van der Waals surface area contributed by atoms with Gasteiger partial charge in [-0.1, -0.05) is 34.1 Å². The average Bonchev–Trinajstić information content (AvgIpc) is 2.48. The molecule has 0 bridgehead atoms. The van der Waals surface area contributed by atoms with Crippen molar-refractivity contribution >= 4 is 32.7 Å². The largest absolute Gasteiger partial charge is 0.478 e. The number of fused-ring (bicyclic) bond motifs is 1. The highest BCUT2D eigenvalue weighted by Crippen LogP contribution is 2.27. The molecule has 0 spiro atoms. The first kappa shape index (κ1) is 13.6. The zero-order valence-electron chi connectivity index (χ0n) is 10.9. The number of benzene rings is 3. The SMILES string of the molecule is O=C(O)c1cccc(Oc2ccc3cc(Br)ccc3c2)c1. The summed E-state index contributed by atoms with van der Waals surface area (Å²) in [7, 11) is 0. The molecule has 3 aromatic rings. The van der Waals surface area contributed by atoms with Crippen LogP contribution < -0.4 is 4.74 Å². The highest BCUT2D eigenvalue weighted by Gasteiger charge is 2.05. The quantitative estimate of drug-likeness (QED) is 0.720. The van der Waals surface area contributed by atoms with E-state index in [4.69, 9.17) is 9.84 Å². The summed E-state index contributed by atoms with van der Waals surface area (Å²) in [6.45, 7) is 0. The molecule has 0 heterocycles. The van der Waals surface area contributed by atoms with E-state index in [1.165, 1.54) is 12.1 Å². The van der Waals surface area contributed by atoms with Crippen LogP contribution in [0.25, 0.3) is 10.8 Å². The van der Waals surface area contributed by atoms with E-state index in [0.717, 1.165) is 15.2 Å². The summed E-state index contributed by atoms with van der Waals surface area (Å²) >= 11 is 3.44. The Morgan fingerprint density at radius 1 is 0.905 bits per heavy atom. The lowest BCUT2D eigenvalue weighted by molar-refractivity contribution is 0.0696. The van der Waals surface area contributed by atoms with Crippen LogP contribution in [0.3, 0.4) is 0 Å². The molecule has 21 heavy (non-hydrogen) atoms. The molecule has 0 aliphatic rings.